The molecule has 1 aliphatic heterocycles. The number of carbonyl (C=O) groups is 1. The number of aliphatic hydroxyl groups is 1. The molecule has 0 unspecified atom stereocenters. The van der Waals surface area contributed by atoms with Crippen molar-refractivity contribution in [2.75, 3.05) is 20.2 Å². The van der Waals surface area contributed by atoms with Crippen LogP contribution in [0, 0.1) is 6.92 Å². The average molecular weight is 495 g/mol. The van der Waals surface area contributed by atoms with Crippen molar-refractivity contribution in [2.45, 2.75) is 29.7 Å². The molecule has 0 fully saturated rings. The van der Waals surface area contributed by atoms with Crippen molar-refractivity contribution in [3.05, 3.63) is 79.4 Å². The molecule has 1 amide bonds. The number of alkyl halides is 3. The van der Waals surface area contributed by atoms with Crippen LogP contribution in [0.2, 0.25) is 0 Å². The third-order valence-corrected chi connectivity index (χ3v) is 7.97. The average Bonchev–Trinajstić information content (AvgIpc) is 3.22. The van der Waals surface area contributed by atoms with E-state index in [4.69, 9.17) is 0 Å². The van der Waals surface area contributed by atoms with Crippen LogP contribution in [0.5, 0.6) is 0 Å². The number of fused-ring (bicyclic) bond motifs is 3. The molecule has 1 aromatic carbocycles. The maximum absolute atomic E-state index is 13.5. The van der Waals surface area contributed by atoms with E-state index in [1.165, 1.54) is 47.2 Å². The number of benzene rings is 1. The first-order valence-corrected chi connectivity index (χ1v) is 11.9. The van der Waals surface area contributed by atoms with Gasteiger partial charge >= 0.3 is 6.18 Å². The smallest absolute Gasteiger partial charge is 0.395 e. The molecule has 5 nitrogen and oxygen atoms in total. The van der Waals surface area contributed by atoms with Gasteiger partial charge in [-0.2, -0.15) is 13.2 Å². The lowest BCUT2D eigenvalue weighted by Crippen LogP contribution is -2.35. The maximum atomic E-state index is 13.5. The second-order valence-corrected chi connectivity index (χ2v) is 9.99. The summed E-state index contributed by atoms with van der Waals surface area (Å²) in [6.45, 7) is 1.41. The Hall–Kier alpha value is -2.56. The zero-order valence-corrected chi connectivity index (χ0v) is 19.5. The number of amides is 1. The van der Waals surface area contributed by atoms with E-state index in [0.29, 0.717) is 22.0 Å². The van der Waals surface area contributed by atoms with E-state index in [1.807, 2.05) is 17.5 Å². The first-order chi connectivity index (χ1) is 15.6. The number of hydrogen-bond acceptors (Lipinski definition) is 5. The van der Waals surface area contributed by atoms with Crippen LogP contribution in [-0.4, -0.2) is 40.7 Å². The number of halogens is 3. The Morgan fingerprint density at radius 2 is 2.03 bits per heavy atom. The number of aliphatic hydroxyl groups excluding tert-OH is 1. The minimum atomic E-state index is -4.54. The van der Waals surface area contributed by atoms with E-state index in [1.54, 1.807) is 11.5 Å². The van der Waals surface area contributed by atoms with Gasteiger partial charge in [0.15, 0.2) is 5.43 Å². The van der Waals surface area contributed by atoms with Gasteiger partial charge in [-0.15, -0.1) is 23.1 Å². The van der Waals surface area contributed by atoms with Crippen LogP contribution in [0.4, 0.5) is 13.2 Å². The molecule has 2 aromatic heterocycles. The number of pyridine rings is 1. The Morgan fingerprint density at radius 1 is 1.27 bits per heavy atom. The van der Waals surface area contributed by atoms with Crippen molar-refractivity contribution in [3.63, 3.8) is 0 Å². The van der Waals surface area contributed by atoms with Gasteiger partial charge in [-0.25, -0.2) is 0 Å². The molecule has 3 aromatic rings. The number of rotatable bonds is 4. The third-order valence-electron chi connectivity index (χ3n) is 5.53. The summed E-state index contributed by atoms with van der Waals surface area (Å²) in [6.07, 6.45) is -4.25. The molecule has 10 heteroatoms. The minimum Gasteiger partial charge on any atom is -0.395 e. The van der Waals surface area contributed by atoms with Crippen molar-refractivity contribution in [3.8, 4) is 5.69 Å². The monoisotopic (exact) mass is 494 g/mol. The fraction of sp³-hybridized carbons (Fsp3) is 0.304. The largest absolute Gasteiger partial charge is 0.416 e. The van der Waals surface area contributed by atoms with Gasteiger partial charge in [0.1, 0.15) is 5.56 Å². The zero-order valence-electron chi connectivity index (χ0n) is 17.8. The molecule has 1 N–H and O–H groups in total. The summed E-state index contributed by atoms with van der Waals surface area (Å²) < 4.78 is 42.3. The molecular weight excluding hydrogens is 473 g/mol. The highest BCUT2D eigenvalue weighted by molar-refractivity contribution is 7.99. The van der Waals surface area contributed by atoms with Gasteiger partial charge in [0.2, 0.25) is 0 Å². The lowest BCUT2D eigenvalue weighted by molar-refractivity contribution is -0.137. The predicted molar refractivity (Wildman–Crippen MR) is 122 cm³/mol. The van der Waals surface area contributed by atoms with E-state index in [-0.39, 0.29) is 30.4 Å². The fourth-order valence-corrected chi connectivity index (χ4v) is 6.14. The summed E-state index contributed by atoms with van der Waals surface area (Å²) in [5.41, 5.74) is -0.253. The summed E-state index contributed by atoms with van der Waals surface area (Å²) in [4.78, 5) is 29.1. The van der Waals surface area contributed by atoms with Gasteiger partial charge in [0.05, 0.1) is 17.9 Å². The maximum Gasteiger partial charge on any atom is 0.416 e. The highest BCUT2D eigenvalue weighted by Crippen LogP contribution is 2.46. The second-order valence-electron chi connectivity index (χ2n) is 7.76. The van der Waals surface area contributed by atoms with Gasteiger partial charge in [-0.1, -0.05) is 6.07 Å². The van der Waals surface area contributed by atoms with Gasteiger partial charge in [0.25, 0.3) is 5.91 Å². The summed E-state index contributed by atoms with van der Waals surface area (Å²) in [6, 6.07) is 8.70. The Labute approximate surface area is 196 Å². The normalized spacial score (nSPS) is 15.5. The molecule has 0 spiro atoms. The number of aryl methyl sites for hydroxylation is 1. The molecule has 33 heavy (non-hydrogen) atoms. The molecular formula is C23H21F3N2O3S2. The van der Waals surface area contributed by atoms with Crippen LogP contribution in [0.1, 0.15) is 37.4 Å². The van der Waals surface area contributed by atoms with Crippen LogP contribution in [-0.2, 0) is 12.6 Å². The SMILES string of the molecule is Cc1cc(=O)c(C(=O)N(C)CCO)c2n1-c1cc(C(F)(F)F)ccc1S[C@@H](c1cccs1)C2. The van der Waals surface area contributed by atoms with E-state index in [2.05, 4.69) is 0 Å². The zero-order chi connectivity index (χ0) is 23.9. The topological polar surface area (TPSA) is 62.5 Å². The molecule has 3 heterocycles. The molecule has 0 aliphatic carbocycles. The number of carbonyl (C=O) groups excluding carboxylic acids is 1. The lowest BCUT2D eigenvalue weighted by Gasteiger charge is -2.23. The Balaban J connectivity index is 2.02. The van der Waals surface area contributed by atoms with Gasteiger partial charge in [0, 0.05) is 52.5 Å². The molecule has 0 radical (unpaired) electrons. The van der Waals surface area contributed by atoms with Gasteiger partial charge in [-0.3, -0.25) is 9.59 Å². The molecule has 1 aliphatic rings. The first kappa shape index (κ1) is 23.6. The van der Waals surface area contributed by atoms with Crippen molar-refractivity contribution in [1.29, 1.82) is 0 Å². The number of hydrogen-bond donors (Lipinski definition) is 1. The minimum absolute atomic E-state index is 0.0313. The van der Waals surface area contributed by atoms with Crippen LogP contribution < -0.4 is 5.43 Å². The lowest BCUT2D eigenvalue weighted by atomic mass is 10.0. The molecule has 0 saturated heterocycles. The van der Waals surface area contributed by atoms with Crippen molar-refractivity contribution >= 4 is 29.0 Å². The Bertz CT molecular complexity index is 1250. The molecule has 1 atom stereocenters. The summed E-state index contributed by atoms with van der Waals surface area (Å²) >= 11 is 2.94. The number of likely N-dealkylation sites (N-methyl/N-ethyl adjacent to an activating group) is 1. The summed E-state index contributed by atoms with van der Waals surface area (Å²) in [5.74, 6) is -0.567. The summed E-state index contributed by atoms with van der Waals surface area (Å²) in [7, 11) is 1.48. The number of aromatic nitrogens is 1. The standard InChI is InChI=1S/C23H21F3N2O3S2/c1-13-10-17(30)21(22(31)27(2)7-8-29)16-12-20(19-4-3-9-32-19)33-18-6-5-14(23(24,25)26)11-15(18)28(13)16/h3-6,9-11,20,29H,7-8,12H2,1-2H3/t20-/m1/s1. The number of thioether (sulfide) groups is 1. The van der Waals surface area contributed by atoms with Crippen molar-refractivity contribution < 1.29 is 23.1 Å². The van der Waals surface area contributed by atoms with Gasteiger partial charge < -0.3 is 14.6 Å². The molecule has 4 rings (SSSR count). The van der Waals surface area contributed by atoms with Crippen LogP contribution >= 0.6 is 23.1 Å². The molecule has 0 bridgehead atoms. The molecule has 174 valence electrons. The first-order valence-electron chi connectivity index (χ1n) is 10.2. The van der Waals surface area contributed by atoms with E-state index in [9.17, 15) is 27.9 Å². The highest BCUT2D eigenvalue weighted by Gasteiger charge is 2.34. The third kappa shape index (κ3) is 4.47. The van der Waals surface area contributed by atoms with Gasteiger partial charge in [-0.05, 0) is 36.6 Å². The molecule has 0 saturated carbocycles. The van der Waals surface area contributed by atoms with Crippen LogP contribution in [0.15, 0.2) is 51.5 Å². The summed E-state index contributed by atoms with van der Waals surface area (Å²) in [5, 5.41) is 11.0. The Kier molecular flexibility index (Phi) is 6.43. The van der Waals surface area contributed by atoms with Crippen molar-refractivity contribution in [2.24, 2.45) is 0 Å². The van der Waals surface area contributed by atoms with Crippen LogP contribution in [0.3, 0.4) is 0 Å². The van der Waals surface area contributed by atoms with E-state index < -0.39 is 23.1 Å². The number of thiophene rings is 1. The quantitative estimate of drug-likeness (QED) is 0.572. The predicted octanol–water partition coefficient (Wildman–Crippen LogP) is 4.68. The van der Waals surface area contributed by atoms with Crippen molar-refractivity contribution in [1.82, 2.24) is 9.47 Å². The number of nitrogens with zero attached hydrogens (tertiary/aromatic N) is 2. The van der Waals surface area contributed by atoms with E-state index >= 15 is 0 Å². The fourth-order valence-electron chi connectivity index (χ4n) is 3.97. The second kappa shape index (κ2) is 9.00. The van der Waals surface area contributed by atoms with Crippen LogP contribution in [0.25, 0.3) is 5.69 Å². The Morgan fingerprint density at radius 3 is 2.67 bits per heavy atom. The highest BCUT2D eigenvalue weighted by atomic mass is 32.2. The van der Waals surface area contributed by atoms with E-state index in [0.717, 1.165) is 17.0 Å².